The molecule has 4 heterocycles. The van der Waals surface area contributed by atoms with E-state index in [-0.39, 0.29) is 10.8 Å². The Morgan fingerprint density at radius 2 is 2.04 bits per heavy atom. The molecule has 0 radical (unpaired) electrons. The molecule has 0 N–H and O–H groups in total. The van der Waals surface area contributed by atoms with Crippen molar-refractivity contribution in [2.24, 2.45) is 0 Å². The zero-order chi connectivity index (χ0) is 18.3. The molecular formula is C16H17N5O4S. The molecule has 10 heteroatoms. The first-order valence-corrected chi connectivity index (χ1v) is 9.53. The van der Waals surface area contributed by atoms with Crippen molar-refractivity contribution in [2.45, 2.75) is 31.1 Å². The van der Waals surface area contributed by atoms with Crippen LogP contribution in [0.3, 0.4) is 0 Å². The molecule has 4 rings (SSSR count). The quantitative estimate of drug-likeness (QED) is 0.658. The zero-order valence-electron chi connectivity index (χ0n) is 14.3. The lowest BCUT2D eigenvalue weighted by atomic mass is 10.0. The van der Waals surface area contributed by atoms with E-state index in [0.29, 0.717) is 42.7 Å². The molecule has 1 saturated heterocycles. The number of hydrogen-bond donors (Lipinski definition) is 0. The Morgan fingerprint density at radius 3 is 2.69 bits per heavy atom. The maximum Gasteiger partial charge on any atom is 0.248 e. The first kappa shape index (κ1) is 16.9. The van der Waals surface area contributed by atoms with Crippen LogP contribution >= 0.6 is 0 Å². The summed E-state index contributed by atoms with van der Waals surface area (Å²) >= 11 is 0. The maximum absolute atomic E-state index is 12.7. The Morgan fingerprint density at radius 1 is 1.23 bits per heavy atom. The predicted octanol–water partition coefficient (Wildman–Crippen LogP) is 1.45. The SMILES string of the molecule is Cc1noc(C)c1S(=O)(=O)N1CC(c2nc(Cc3cccnc3)no2)C1. The van der Waals surface area contributed by atoms with Crippen molar-refractivity contribution in [3.63, 3.8) is 0 Å². The Hall–Kier alpha value is -2.59. The molecule has 0 unspecified atom stereocenters. The van der Waals surface area contributed by atoms with E-state index in [1.807, 2.05) is 12.1 Å². The first-order valence-electron chi connectivity index (χ1n) is 8.09. The van der Waals surface area contributed by atoms with Crippen LogP contribution in [-0.4, -0.2) is 46.1 Å². The lowest BCUT2D eigenvalue weighted by Crippen LogP contribution is -2.48. The standard InChI is InChI=1S/C16H17N5O4S/c1-10-15(11(2)24-19-10)26(22,23)21-8-13(9-21)16-18-14(20-25-16)6-12-4-3-5-17-7-12/h3-5,7,13H,6,8-9H2,1-2H3. The summed E-state index contributed by atoms with van der Waals surface area (Å²) in [6, 6.07) is 3.78. The minimum Gasteiger partial charge on any atom is -0.360 e. The normalized spacial score (nSPS) is 15.9. The van der Waals surface area contributed by atoms with Crippen LogP contribution in [0.4, 0.5) is 0 Å². The number of sulfonamides is 1. The van der Waals surface area contributed by atoms with E-state index in [0.717, 1.165) is 5.56 Å². The van der Waals surface area contributed by atoms with Gasteiger partial charge in [-0.05, 0) is 25.5 Å². The van der Waals surface area contributed by atoms with Crippen molar-refractivity contribution < 1.29 is 17.5 Å². The third kappa shape index (κ3) is 2.90. The lowest BCUT2D eigenvalue weighted by molar-refractivity contribution is 0.216. The number of aromatic nitrogens is 4. The largest absolute Gasteiger partial charge is 0.360 e. The first-order chi connectivity index (χ1) is 12.4. The number of aryl methyl sites for hydroxylation is 2. The Bertz CT molecular complexity index is 1000. The third-order valence-electron chi connectivity index (χ3n) is 4.33. The summed E-state index contributed by atoms with van der Waals surface area (Å²) in [6.45, 7) is 3.79. The Labute approximate surface area is 150 Å². The molecule has 3 aromatic heterocycles. The highest BCUT2D eigenvalue weighted by Gasteiger charge is 2.42. The van der Waals surface area contributed by atoms with Gasteiger partial charge in [0, 0.05) is 31.9 Å². The van der Waals surface area contributed by atoms with E-state index in [9.17, 15) is 8.42 Å². The van der Waals surface area contributed by atoms with Gasteiger partial charge in [0.15, 0.2) is 11.6 Å². The number of pyridine rings is 1. The summed E-state index contributed by atoms with van der Waals surface area (Å²) in [5, 5.41) is 7.69. The highest BCUT2D eigenvalue weighted by Crippen LogP contribution is 2.33. The van der Waals surface area contributed by atoms with Crippen molar-refractivity contribution in [1.82, 2.24) is 24.6 Å². The van der Waals surface area contributed by atoms with Gasteiger partial charge in [0.25, 0.3) is 0 Å². The van der Waals surface area contributed by atoms with Gasteiger partial charge in [0.05, 0.1) is 5.92 Å². The molecule has 1 aliphatic heterocycles. The summed E-state index contributed by atoms with van der Waals surface area (Å²) in [7, 11) is -3.62. The van der Waals surface area contributed by atoms with E-state index in [2.05, 4.69) is 20.3 Å². The summed E-state index contributed by atoms with van der Waals surface area (Å²) in [6.07, 6.45) is 3.97. The molecule has 0 bridgehead atoms. The lowest BCUT2D eigenvalue weighted by Gasteiger charge is -2.35. The van der Waals surface area contributed by atoms with Gasteiger partial charge in [-0.25, -0.2) is 8.42 Å². The Kier molecular flexibility index (Phi) is 4.08. The van der Waals surface area contributed by atoms with Crippen LogP contribution in [0.2, 0.25) is 0 Å². The van der Waals surface area contributed by atoms with Gasteiger partial charge in [0.2, 0.25) is 15.9 Å². The fraction of sp³-hybridized carbons (Fsp3) is 0.375. The van der Waals surface area contributed by atoms with Crippen molar-refractivity contribution >= 4 is 10.0 Å². The summed E-state index contributed by atoms with van der Waals surface area (Å²) in [4.78, 5) is 8.57. The molecule has 0 saturated carbocycles. The Balaban J connectivity index is 1.44. The fourth-order valence-electron chi connectivity index (χ4n) is 2.95. The van der Waals surface area contributed by atoms with Crippen LogP contribution < -0.4 is 0 Å². The molecule has 0 aromatic carbocycles. The molecule has 0 amide bonds. The summed E-state index contributed by atoms with van der Waals surface area (Å²) in [5.41, 5.74) is 1.35. The fourth-order valence-corrected chi connectivity index (χ4v) is 4.77. The van der Waals surface area contributed by atoms with E-state index < -0.39 is 10.0 Å². The predicted molar refractivity (Wildman–Crippen MR) is 88.8 cm³/mol. The second-order valence-electron chi connectivity index (χ2n) is 6.26. The van der Waals surface area contributed by atoms with Gasteiger partial charge in [-0.1, -0.05) is 16.4 Å². The smallest absolute Gasteiger partial charge is 0.248 e. The van der Waals surface area contributed by atoms with Crippen LogP contribution in [0, 0.1) is 13.8 Å². The van der Waals surface area contributed by atoms with Crippen LogP contribution in [-0.2, 0) is 16.4 Å². The number of nitrogens with zero attached hydrogens (tertiary/aromatic N) is 5. The van der Waals surface area contributed by atoms with Crippen molar-refractivity contribution in [2.75, 3.05) is 13.1 Å². The van der Waals surface area contributed by atoms with E-state index in [1.54, 1.807) is 26.2 Å². The molecule has 0 aliphatic carbocycles. The average molecular weight is 375 g/mol. The highest BCUT2D eigenvalue weighted by molar-refractivity contribution is 7.89. The summed E-state index contributed by atoms with van der Waals surface area (Å²) in [5.74, 6) is 1.19. The molecular weight excluding hydrogens is 358 g/mol. The van der Waals surface area contributed by atoms with E-state index >= 15 is 0 Å². The van der Waals surface area contributed by atoms with Gasteiger partial charge >= 0.3 is 0 Å². The average Bonchev–Trinajstić information content (AvgIpc) is 3.13. The molecule has 0 spiro atoms. The molecule has 3 aromatic rings. The molecule has 0 atom stereocenters. The van der Waals surface area contributed by atoms with Gasteiger partial charge in [-0.15, -0.1) is 0 Å². The van der Waals surface area contributed by atoms with E-state index in [1.165, 1.54) is 4.31 Å². The topological polar surface area (TPSA) is 115 Å². The van der Waals surface area contributed by atoms with Crippen molar-refractivity contribution in [1.29, 1.82) is 0 Å². The zero-order valence-corrected chi connectivity index (χ0v) is 15.1. The van der Waals surface area contributed by atoms with Gasteiger partial charge in [-0.3, -0.25) is 4.98 Å². The monoisotopic (exact) mass is 375 g/mol. The van der Waals surface area contributed by atoms with Crippen LogP contribution in [0.15, 0.2) is 38.5 Å². The maximum atomic E-state index is 12.7. The van der Waals surface area contributed by atoms with E-state index in [4.69, 9.17) is 9.05 Å². The van der Waals surface area contributed by atoms with Crippen LogP contribution in [0.5, 0.6) is 0 Å². The number of hydrogen-bond acceptors (Lipinski definition) is 8. The highest BCUT2D eigenvalue weighted by atomic mass is 32.2. The minimum atomic E-state index is -3.62. The van der Waals surface area contributed by atoms with Gasteiger partial charge in [-0.2, -0.15) is 9.29 Å². The number of rotatable bonds is 5. The van der Waals surface area contributed by atoms with Gasteiger partial charge < -0.3 is 9.05 Å². The molecule has 9 nitrogen and oxygen atoms in total. The molecule has 1 aliphatic rings. The van der Waals surface area contributed by atoms with Crippen LogP contribution in [0.1, 0.15) is 34.7 Å². The van der Waals surface area contributed by atoms with Crippen molar-refractivity contribution in [3.05, 3.63) is 53.3 Å². The molecule has 1 fully saturated rings. The minimum absolute atomic E-state index is 0.111. The van der Waals surface area contributed by atoms with Gasteiger partial charge in [0.1, 0.15) is 10.6 Å². The van der Waals surface area contributed by atoms with Crippen molar-refractivity contribution in [3.8, 4) is 0 Å². The third-order valence-corrected chi connectivity index (χ3v) is 6.41. The summed E-state index contributed by atoms with van der Waals surface area (Å²) < 4.78 is 37.0. The second kappa shape index (κ2) is 6.29. The molecule has 136 valence electrons. The van der Waals surface area contributed by atoms with Crippen LogP contribution in [0.25, 0.3) is 0 Å². The second-order valence-corrected chi connectivity index (χ2v) is 8.13. The molecule has 26 heavy (non-hydrogen) atoms.